The molecule has 2 heteroatoms. The number of carbonyl (C=O) groups is 1. The lowest BCUT2D eigenvalue weighted by atomic mass is 9.96. The second-order valence-corrected chi connectivity index (χ2v) is 3.26. The Labute approximate surface area is 78.3 Å². The lowest BCUT2D eigenvalue weighted by molar-refractivity contribution is -0.141. The highest BCUT2D eigenvalue weighted by molar-refractivity contribution is 5.70. The van der Waals surface area contributed by atoms with Gasteiger partial charge in [-0.3, -0.25) is 4.79 Å². The van der Waals surface area contributed by atoms with E-state index >= 15 is 0 Å². The number of hydrogen-bond donors (Lipinski definition) is 1. The summed E-state index contributed by atoms with van der Waals surface area (Å²) in [4.78, 5) is 10.8. The minimum Gasteiger partial charge on any atom is -0.481 e. The Balaban J connectivity index is 2.68. The predicted octanol–water partition coefficient (Wildman–Crippen LogP) is 2.54. The molecule has 0 radical (unpaired) electrons. The summed E-state index contributed by atoms with van der Waals surface area (Å²) < 4.78 is 0. The number of carboxylic acids is 1. The van der Waals surface area contributed by atoms with E-state index in [0.29, 0.717) is 12.8 Å². The highest BCUT2D eigenvalue weighted by atomic mass is 16.4. The summed E-state index contributed by atoms with van der Waals surface area (Å²) >= 11 is 0. The topological polar surface area (TPSA) is 37.3 Å². The first-order chi connectivity index (χ1) is 6.20. The lowest BCUT2D eigenvalue weighted by Gasteiger charge is -2.09. The molecule has 0 bridgehead atoms. The van der Waals surface area contributed by atoms with E-state index in [4.69, 9.17) is 5.11 Å². The highest BCUT2D eigenvalue weighted by Crippen LogP contribution is 2.19. The summed E-state index contributed by atoms with van der Waals surface area (Å²) in [6, 6.07) is 0. The van der Waals surface area contributed by atoms with Gasteiger partial charge in [0.05, 0.1) is 5.92 Å². The first-order valence-electron chi connectivity index (χ1n) is 4.44. The molecule has 0 saturated carbocycles. The molecule has 70 valence electrons. The van der Waals surface area contributed by atoms with E-state index in [1.165, 1.54) is 0 Å². The van der Waals surface area contributed by atoms with Gasteiger partial charge in [-0.05, 0) is 19.3 Å². The fourth-order valence-electron chi connectivity index (χ4n) is 1.36. The van der Waals surface area contributed by atoms with E-state index in [-0.39, 0.29) is 5.92 Å². The summed E-state index contributed by atoms with van der Waals surface area (Å²) in [6.07, 6.45) is 9.80. The van der Waals surface area contributed by atoms with Crippen molar-refractivity contribution in [3.05, 3.63) is 36.5 Å². The zero-order valence-electron chi connectivity index (χ0n) is 7.57. The molecule has 1 unspecified atom stereocenters. The van der Waals surface area contributed by atoms with E-state index in [0.717, 1.165) is 12.0 Å². The van der Waals surface area contributed by atoms with E-state index in [1.807, 2.05) is 24.3 Å². The smallest absolute Gasteiger partial charge is 0.306 e. The van der Waals surface area contributed by atoms with Crippen LogP contribution in [-0.2, 0) is 4.79 Å². The van der Waals surface area contributed by atoms with Crippen LogP contribution in [0.5, 0.6) is 0 Å². The second-order valence-electron chi connectivity index (χ2n) is 3.26. The second kappa shape index (κ2) is 4.65. The van der Waals surface area contributed by atoms with Crippen molar-refractivity contribution in [2.45, 2.75) is 19.3 Å². The molecule has 0 spiro atoms. The Morgan fingerprint density at radius 3 is 3.00 bits per heavy atom. The van der Waals surface area contributed by atoms with Gasteiger partial charge in [0.25, 0.3) is 0 Å². The minimum atomic E-state index is -0.718. The van der Waals surface area contributed by atoms with Gasteiger partial charge in [-0.15, -0.1) is 0 Å². The molecule has 0 aliphatic heterocycles. The summed E-state index contributed by atoms with van der Waals surface area (Å²) in [7, 11) is 0. The molecular formula is C11H14O2. The van der Waals surface area contributed by atoms with Gasteiger partial charge in [-0.2, -0.15) is 0 Å². The van der Waals surface area contributed by atoms with Crippen molar-refractivity contribution in [2.24, 2.45) is 5.92 Å². The maximum Gasteiger partial charge on any atom is 0.306 e. The van der Waals surface area contributed by atoms with Crippen LogP contribution in [-0.4, -0.2) is 11.1 Å². The maximum atomic E-state index is 10.8. The third kappa shape index (κ3) is 3.28. The average molecular weight is 178 g/mol. The van der Waals surface area contributed by atoms with Gasteiger partial charge in [-0.1, -0.05) is 36.5 Å². The number of aliphatic carboxylic acids is 1. The standard InChI is InChI=1S/C11H14O2/c1-9-6-4-2-3-5-7-10(8-9)11(12)13/h2-4,6,10H,1,5,7-8H2,(H,12,13)/b3-2-,6-4-. The van der Waals surface area contributed by atoms with Crippen molar-refractivity contribution < 1.29 is 9.90 Å². The largest absolute Gasteiger partial charge is 0.481 e. The van der Waals surface area contributed by atoms with Crippen molar-refractivity contribution in [3.63, 3.8) is 0 Å². The molecule has 1 aliphatic carbocycles. The average Bonchev–Trinajstić information content (AvgIpc) is 2.16. The molecule has 0 fully saturated rings. The van der Waals surface area contributed by atoms with Crippen LogP contribution in [0.1, 0.15) is 19.3 Å². The predicted molar refractivity (Wildman–Crippen MR) is 52.4 cm³/mol. The lowest BCUT2D eigenvalue weighted by Crippen LogP contribution is -2.13. The van der Waals surface area contributed by atoms with Gasteiger partial charge in [-0.25, -0.2) is 0 Å². The maximum absolute atomic E-state index is 10.8. The molecular weight excluding hydrogens is 164 g/mol. The summed E-state index contributed by atoms with van der Waals surface area (Å²) in [6.45, 7) is 3.81. The number of carboxylic acid groups (broad SMARTS) is 1. The Kier molecular flexibility index (Phi) is 3.50. The summed E-state index contributed by atoms with van der Waals surface area (Å²) in [5, 5.41) is 8.88. The van der Waals surface area contributed by atoms with E-state index in [9.17, 15) is 4.79 Å². The summed E-state index contributed by atoms with van der Waals surface area (Å²) in [5.41, 5.74) is 0.888. The Bertz CT molecular complexity index is 261. The molecule has 0 heterocycles. The van der Waals surface area contributed by atoms with Gasteiger partial charge < -0.3 is 5.11 Å². The van der Waals surface area contributed by atoms with Crippen molar-refractivity contribution in [1.82, 2.24) is 0 Å². The van der Waals surface area contributed by atoms with Gasteiger partial charge in [0.15, 0.2) is 0 Å². The van der Waals surface area contributed by atoms with Crippen molar-refractivity contribution in [3.8, 4) is 0 Å². The molecule has 1 atom stereocenters. The van der Waals surface area contributed by atoms with Crippen LogP contribution in [0.25, 0.3) is 0 Å². The fraction of sp³-hybridized carbons (Fsp3) is 0.364. The number of hydrogen-bond acceptors (Lipinski definition) is 1. The zero-order valence-corrected chi connectivity index (χ0v) is 7.57. The quantitative estimate of drug-likeness (QED) is 0.670. The van der Waals surface area contributed by atoms with Gasteiger partial charge in [0.1, 0.15) is 0 Å². The molecule has 0 aromatic heterocycles. The summed E-state index contributed by atoms with van der Waals surface area (Å²) in [5.74, 6) is -0.996. The third-order valence-electron chi connectivity index (χ3n) is 2.12. The van der Waals surface area contributed by atoms with E-state index < -0.39 is 5.97 Å². The molecule has 0 aromatic rings. The molecule has 0 amide bonds. The SMILES string of the molecule is C=C1/C=C\C=C/CCC(C(=O)O)C1. The zero-order chi connectivity index (χ0) is 9.68. The Hall–Kier alpha value is -1.31. The van der Waals surface area contributed by atoms with Crippen LogP contribution in [0.3, 0.4) is 0 Å². The molecule has 1 rings (SSSR count). The highest BCUT2D eigenvalue weighted by Gasteiger charge is 2.16. The first kappa shape index (κ1) is 9.78. The monoisotopic (exact) mass is 178 g/mol. The Morgan fingerprint density at radius 2 is 2.31 bits per heavy atom. The van der Waals surface area contributed by atoms with E-state index in [1.54, 1.807) is 0 Å². The van der Waals surface area contributed by atoms with Crippen LogP contribution in [0, 0.1) is 5.92 Å². The molecule has 13 heavy (non-hydrogen) atoms. The van der Waals surface area contributed by atoms with Crippen molar-refractivity contribution in [2.75, 3.05) is 0 Å². The van der Waals surface area contributed by atoms with Crippen LogP contribution in [0.15, 0.2) is 36.5 Å². The van der Waals surface area contributed by atoms with Crippen LogP contribution >= 0.6 is 0 Å². The molecule has 0 saturated heterocycles. The van der Waals surface area contributed by atoms with Gasteiger partial charge in [0, 0.05) is 0 Å². The Morgan fingerprint density at radius 1 is 1.54 bits per heavy atom. The first-order valence-corrected chi connectivity index (χ1v) is 4.44. The van der Waals surface area contributed by atoms with Gasteiger partial charge >= 0.3 is 5.97 Å². The molecule has 1 aliphatic rings. The number of allylic oxidation sites excluding steroid dienone is 5. The van der Waals surface area contributed by atoms with E-state index in [2.05, 4.69) is 6.58 Å². The molecule has 1 N–H and O–H groups in total. The van der Waals surface area contributed by atoms with Crippen LogP contribution < -0.4 is 0 Å². The molecule has 0 aromatic carbocycles. The number of rotatable bonds is 1. The van der Waals surface area contributed by atoms with Crippen molar-refractivity contribution >= 4 is 5.97 Å². The third-order valence-corrected chi connectivity index (χ3v) is 2.12. The van der Waals surface area contributed by atoms with Crippen molar-refractivity contribution in [1.29, 1.82) is 0 Å². The molecule has 2 nitrogen and oxygen atoms in total. The van der Waals surface area contributed by atoms with Crippen LogP contribution in [0.4, 0.5) is 0 Å². The van der Waals surface area contributed by atoms with Gasteiger partial charge in [0.2, 0.25) is 0 Å². The minimum absolute atomic E-state index is 0.278. The van der Waals surface area contributed by atoms with Crippen LogP contribution in [0.2, 0.25) is 0 Å². The normalized spacial score (nSPS) is 28.3. The fourth-order valence-corrected chi connectivity index (χ4v) is 1.36.